The van der Waals surface area contributed by atoms with E-state index < -0.39 is 0 Å². The minimum atomic E-state index is -0.173. The van der Waals surface area contributed by atoms with Gasteiger partial charge in [-0.3, -0.25) is 4.79 Å². The molecule has 0 aromatic heterocycles. The third-order valence-electron chi connectivity index (χ3n) is 5.64. The van der Waals surface area contributed by atoms with Crippen molar-refractivity contribution >= 4 is 5.78 Å². The molecule has 0 radical (unpaired) electrons. The lowest BCUT2D eigenvalue weighted by Crippen LogP contribution is -2.22. The van der Waals surface area contributed by atoms with E-state index in [1.165, 1.54) is 57.8 Å². The molecule has 0 heterocycles. The number of hydrogen-bond acceptors (Lipinski definition) is 1. The molecule has 0 bridgehead atoms. The first-order valence-electron chi connectivity index (χ1n) is 11.1. The number of Topliss-reactive ketones (excluding diaryl/α,β-unsaturated/α-hetero) is 1. The maximum Gasteiger partial charge on any atom is 0.138 e. The van der Waals surface area contributed by atoms with Crippen molar-refractivity contribution in [2.45, 2.75) is 120 Å². The fraction of sp³-hybridized carbons (Fsp3) is 0.958. The monoisotopic (exact) mass is 352 g/mol. The van der Waals surface area contributed by atoms with Crippen LogP contribution in [0.1, 0.15) is 120 Å². The van der Waals surface area contributed by atoms with Gasteiger partial charge in [-0.15, -0.1) is 0 Å². The Balaban J connectivity index is 3.70. The van der Waals surface area contributed by atoms with E-state index in [0.29, 0.717) is 11.7 Å². The average molecular weight is 353 g/mol. The molecule has 3 unspecified atom stereocenters. The number of ketones is 1. The van der Waals surface area contributed by atoms with Gasteiger partial charge in [0.2, 0.25) is 0 Å². The van der Waals surface area contributed by atoms with Gasteiger partial charge in [-0.05, 0) is 23.7 Å². The second-order valence-corrected chi connectivity index (χ2v) is 10.4. The van der Waals surface area contributed by atoms with Crippen molar-refractivity contribution in [2.24, 2.45) is 29.1 Å². The largest absolute Gasteiger partial charge is 0.299 e. The molecule has 0 aliphatic heterocycles. The van der Waals surface area contributed by atoms with Crippen LogP contribution in [0.4, 0.5) is 0 Å². The molecule has 25 heavy (non-hydrogen) atoms. The smallest absolute Gasteiger partial charge is 0.138 e. The van der Waals surface area contributed by atoms with E-state index in [1.807, 2.05) is 20.8 Å². The molecule has 0 aliphatic rings. The average Bonchev–Trinajstić information content (AvgIpc) is 2.45. The van der Waals surface area contributed by atoms with Gasteiger partial charge >= 0.3 is 0 Å². The minimum Gasteiger partial charge on any atom is -0.299 e. The molecule has 0 fully saturated rings. The number of carbonyl (C=O) groups is 1. The first kappa shape index (κ1) is 24.7. The summed E-state index contributed by atoms with van der Waals surface area (Å²) in [5.74, 6) is 3.55. The van der Waals surface area contributed by atoms with Crippen LogP contribution >= 0.6 is 0 Å². The fourth-order valence-electron chi connectivity index (χ4n) is 3.52. The second kappa shape index (κ2) is 12.9. The first-order valence-corrected chi connectivity index (χ1v) is 11.1. The zero-order chi connectivity index (χ0) is 19.5. The van der Waals surface area contributed by atoms with Crippen LogP contribution in [-0.2, 0) is 4.79 Å². The molecule has 0 spiro atoms. The molecule has 0 N–H and O–H groups in total. The standard InChI is InChI=1S/C24H48O/c1-19(2)12-9-13-20(3)14-10-15-21(4)16-11-17-22(5)18-23(25)24(6,7)8/h19-22H,9-18H2,1-8H3. The summed E-state index contributed by atoms with van der Waals surface area (Å²) in [6.45, 7) is 17.8. The van der Waals surface area contributed by atoms with E-state index in [4.69, 9.17) is 0 Å². The Bertz CT molecular complexity index is 336. The normalized spacial score (nSPS) is 16.0. The number of hydrogen-bond donors (Lipinski definition) is 0. The van der Waals surface area contributed by atoms with Crippen LogP contribution in [-0.4, -0.2) is 5.78 Å². The molecule has 0 aromatic carbocycles. The molecule has 0 rings (SSSR count). The van der Waals surface area contributed by atoms with Gasteiger partial charge in [0.1, 0.15) is 5.78 Å². The minimum absolute atomic E-state index is 0.173. The molecular weight excluding hydrogens is 304 g/mol. The highest BCUT2D eigenvalue weighted by molar-refractivity contribution is 5.83. The molecule has 1 nitrogen and oxygen atoms in total. The molecule has 0 saturated heterocycles. The summed E-state index contributed by atoms with van der Waals surface area (Å²) in [4.78, 5) is 12.1. The highest BCUT2D eigenvalue weighted by atomic mass is 16.1. The lowest BCUT2D eigenvalue weighted by Gasteiger charge is -2.20. The van der Waals surface area contributed by atoms with Crippen LogP contribution in [0, 0.1) is 29.1 Å². The Morgan fingerprint density at radius 2 is 1.00 bits per heavy atom. The van der Waals surface area contributed by atoms with Gasteiger partial charge in [0.15, 0.2) is 0 Å². The molecule has 0 saturated carbocycles. The quantitative estimate of drug-likeness (QED) is 0.309. The van der Waals surface area contributed by atoms with Crippen molar-refractivity contribution in [2.75, 3.05) is 0 Å². The number of rotatable bonds is 14. The summed E-state index contributed by atoms with van der Waals surface area (Å²) in [5, 5.41) is 0. The molecule has 0 aliphatic carbocycles. The molecular formula is C24H48O. The Morgan fingerprint density at radius 1 is 0.640 bits per heavy atom. The van der Waals surface area contributed by atoms with E-state index >= 15 is 0 Å². The highest BCUT2D eigenvalue weighted by Gasteiger charge is 2.22. The van der Waals surface area contributed by atoms with Gasteiger partial charge < -0.3 is 0 Å². The van der Waals surface area contributed by atoms with Gasteiger partial charge in [-0.2, -0.15) is 0 Å². The van der Waals surface area contributed by atoms with Crippen molar-refractivity contribution in [3.8, 4) is 0 Å². The Morgan fingerprint density at radius 3 is 1.36 bits per heavy atom. The van der Waals surface area contributed by atoms with Crippen LogP contribution in [0.25, 0.3) is 0 Å². The van der Waals surface area contributed by atoms with Gasteiger partial charge in [0.05, 0.1) is 0 Å². The topological polar surface area (TPSA) is 17.1 Å². The third-order valence-corrected chi connectivity index (χ3v) is 5.64. The van der Waals surface area contributed by atoms with Crippen LogP contribution in [0.5, 0.6) is 0 Å². The zero-order valence-electron chi connectivity index (χ0n) is 18.8. The van der Waals surface area contributed by atoms with Gasteiger partial charge in [0, 0.05) is 11.8 Å². The molecule has 150 valence electrons. The van der Waals surface area contributed by atoms with Gasteiger partial charge in [-0.25, -0.2) is 0 Å². The molecule has 3 atom stereocenters. The summed E-state index contributed by atoms with van der Waals surface area (Å²) in [5.41, 5.74) is -0.173. The Hall–Kier alpha value is -0.330. The predicted molar refractivity (Wildman–Crippen MR) is 113 cm³/mol. The third kappa shape index (κ3) is 14.5. The fourth-order valence-corrected chi connectivity index (χ4v) is 3.52. The highest BCUT2D eigenvalue weighted by Crippen LogP contribution is 2.25. The summed E-state index contributed by atoms with van der Waals surface area (Å²) < 4.78 is 0. The molecule has 0 aromatic rings. The van der Waals surface area contributed by atoms with Crippen LogP contribution in [0.15, 0.2) is 0 Å². The predicted octanol–water partition coefficient (Wildman–Crippen LogP) is 8.07. The van der Waals surface area contributed by atoms with Gasteiger partial charge in [0.25, 0.3) is 0 Å². The first-order chi connectivity index (χ1) is 11.5. The Kier molecular flexibility index (Phi) is 12.8. The SMILES string of the molecule is CC(C)CCCC(C)CCCC(C)CCCC(C)CC(=O)C(C)(C)C. The van der Waals surface area contributed by atoms with Gasteiger partial charge in [-0.1, -0.05) is 113 Å². The van der Waals surface area contributed by atoms with Crippen molar-refractivity contribution in [1.82, 2.24) is 0 Å². The summed E-state index contributed by atoms with van der Waals surface area (Å²) in [7, 11) is 0. The zero-order valence-corrected chi connectivity index (χ0v) is 18.8. The van der Waals surface area contributed by atoms with Crippen LogP contribution in [0.3, 0.4) is 0 Å². The maximum absolute atomic E-state index is 12.1. The van der Waals surface area contributed by atoms with Crippen molar-refractivity contribution < 1.29 is 4.79 Å². The second-order valence-electron chi connectivity index (χ2n) is 10.4. The van der Waals surface area contributed by atoms with Crippen molar-refractivity contribution in [3.63, 3.8) is 0 Å². The maximum atomic E-state index is 12.1. The van der Waals surface area contributed by atoms with Crippen molar-refractivity contribution in [3.05, 3.63) is 0 Å². The lowest BCUT2D eigenvalue weighted by molar-refractivity contribution is -0.127. The van der Waals surface area contributed by atoms with E-state index in [0.717, 1.165) is 24.2 Å². The van der Waals surface area contributed by atoms with Crippen molar-refractivity contribution in [1.29, 1.82) is 0 Å². The summed E-state index contributed by atoms with van der Waals surface area (Å²) in [6.07, 6.45) is 12.9. The van der Waals surface area contributed by atoms with Crippen LogP contribution in [0.2, 0.25) is 0 Å². The molecule has 1 heteroatoms. The van der Waals surface area contributed by atoms with E-state index in [2.05, 4.69) is 34.6 Å². The van der Waals surface area contributed by atoms with E-state index in [9.17, 15) is 4.79 Å². The van der Waals surface area contributed by atoms with Crippen LogP contribution < -0.4 is 0 Å². The lowest BCUT2D eigenvalue weighted by atomic mass is 9.84. The summed E-state index contributed by atoms with van der Waals surface area (Å²) >= 11 is 0. The number of carbonyl (C=O) groups excluding carboxylic acids is 1. The van der Waals surface area contributed by atoms with E-state index in [1.54, 1.807) is 0 Å². The summed E-state index contributed by atoms with van der Waals surface area (Å²) in [6, 6.07) is 0. The van der Waals surface area contributed by atoms with E-state index in [-0.39, 0.29) is 5.41 Å². The Labute approximate surface area is 159 Å². The molecule has 0 amide bonds.